The summed E-state index contributed by atoms with van der Waals surface area (Å²) >= 11 is 0. The fourth-order valence-corrected chi connectivity index (χ4v) is 2.27. The summed E-state index contributed by atoms with van der Waals surface area (Å²) in [4.78, 5) is 0. The van der Waals surface area contributed by atoms with Crippen LogP contribution in [0, 0.1) is 0 Å². The molecule has 4 nitrogen and oxygen atoms in total. The third kappa shape index (κ3) is 5.93. The minimum atomic E-state index is 0.631. The lowest BCUT2D eigenvalue weighted by molar-refractivity contribution is 0.199. The molecule has 2 rings (SSSR count). The normalized spacial score (nSPS) is 10.5. The van der Waals surface area contributed by atoms with Crippen molar-refractivity contribution < 1.29 is 14.2 Å². The zero-order valence-corrected chi connectivity index (χ0v) is 13.9. The van der Waals surface area contributed by atoms with Gasteiger partial charge in [-0.05, 0) is 23.3 Å². The summed E-state index contributed by atoms with van der Waals surface area (Å²) in [6.07, 6.45) is 0.879. The van der Waals surface area contributed by atoms with E-state index in [0.717, 1.165) is 36.6 Å². The quantitative estimate of drug-likeness (QED) is 0.684. The molecular weight excluding hydrogens is 290 g/mol. The van der Waals surface area contributed by atoms with E-state index in [1.54, 1.807) is 14.2 Å². The molecular formula is C19H25NO3. The van der Waals surface area contributed by atoms with Crippen molar-refractivity contribution in [2.45, 2.75) is 13.0 Å². The number of rotatable bonds is 10. The van der Waals surface area contributed by atoms with Gasteiger partial charge in [0.25, 0.3) is 0 Å². The molecule has 0 saturated carbocycles. The van der Waals surface area contributed by atoms with Gasteiger partial charge in [0.2, 0.25) is 0 Å². The van der Waals surface area contributed by atoms with E-state index in [4.69, 9.17) is 14.2 Å². The van der Waals surface area contributed by atoms with E-state index >= 15 is 0 Å². The second kappa shape index (κ2) is 9.87. The monoisotopic (exact) mass is 315 g/mol. The van der Waals surface area contributed by atoms with Crippen LogP contribution >= 0.6 is 0 Å². The van der Waals surface area contributed by atoms with Gasteiger partial charge >= 0.3 is 0 Å². The predicted octanol–water partition coefficient (Wildman–Crippen LogP) is 3.05. The van der Waals surface area contributed by atoms with Crippen LogP contribution in [0.1, 0.15) is 11.1 Å². The summed E-state index contributed by atoms with van der Waals surface area (Å²) in [6, 6.07) is 16.4. The van der Waals surface area contributed by atoms with Crippen molar-refractivity contribution >= 4 is 0 Å². The maximum absolute atomic E-state index is 5.86. The summed E-state index contributed by atoms with van der Waals surface area (Å²) < 4.78 is 16.3. The number of benzene rings is 2. The smallest absolute Gasteiger partial charge is 0.161 e. The summed E-state index contributed by atoms with van der Waals surface area (Å²) in [5.74, 6) is 1.55. The zero-order chi connectivity index (χ0) is 16.3. The third-order valence-electron chi connectivity index (χ3n) is 3.53. The van der Waals surface area contributed by atoms with Crippen molar-refractivity contribution in [3.63, 3.8) is 0 Å². The molecule has 124 valence electrons. The van der Waals surface area contributed by atoms with Crippen molar-refractivity contribution in [2.75, 3.05) is 34.0 Å². The van der Waals surface area contributed by atoms with Crippen molar-refractivity contribution in [2.24, 2.45) is 0 Å². The van der Waals surface area contributed by atoms with Crippen LogP contribution in [0.4, 0.5) is 0 Å². The maximum atomic E-state index is 5.86. The number of hydrogen-bond donors (Lipinski definition) is 1. The second-order valence-corrected chi connectivity index (χ2v) is 5.24. The Kier molecular flexibility index (Phi) is 7.43. The van der Waals surface area contributed by atoms with Gasteiger partial charge in [0, 0.05) is 26.6 Å². The second-order valence-electron chi connectivity index (χ2n) is 5.24. The predicted molar refractivity (Wildman–Crippen MR) is 92.2 cm³/mol. The van der Waals surface area contributed by atoms with Crippen LogP contribution in [0.15, 0.2) is 48.5 Å². The molecule has 0 fully saturated rings. The first-order chi connectivity index (χ1) is 11.3. The molecule has 0 atom stereocenters. The van der Waals surface area contributed by atoms with Crippen molar-refractivity contribution in [3.05, 3.63) is 59.7 Å². The standard InChI is InChI=1S/C19H25NO3/c1-21-13-11-20-15-17-8-9-18(19(14-17)22-2)23-12-10-16-6-4-3-5-7-16/h3-9,14,20H,10-13,15H2,1-2H3. The average molecular weight is 315 g/mol. The summed E-state index contributed by atoms with van der Waals surface area (Å²) in [5, 5.41) is 3.32. The van der Waals surface area contributed by atoms with E-state index in [1.165, 1.54) is 5.56 Å². The van der Waals surface area contributed by atoms with Gasteiger partial charge in [0.05, 0.1) is 20.3 Å². The van der Waals surface area contributed by atoms with Gasteiger partial charge in [-0.25, -0.2) is 0 Å². The molecule has 2 aromatic rings. The van der Waals surface area contributed by atoms with E-state index in [2.05, 4.69) is 23.5 Å². The van der Waals surface area contributed by atoms with E-state index in [0.29, 0.717) is 13.2 Å². The first kappa shape index (κ1) is 17.3. The number of ether oxygens (including phenoxy) is 3. The Morgan fingerprint density at radius 1 is 0.870 bits per heavy atom. The fourth-order valence-electron chi connectivity index (χ4n) is 2.27. The van der Waals surface area contributed by atoms with Gasteiger partial charge in [0.15, 0.2) is 11.5 Å². The molecule has 0 unspecified atom stereocenters. The van der Waals surface area contributed by atoms with Crippen molar-refractivity contribution in [1.82, 2.24) is 5.32 Å². The molecule has 0 amide bonds. The molecule has 0 spiro atoms. The Labute approximate surface area is 138 Å². The van der Waals surface area contributed by atoms with E-state index < -0.39 is 0 Å². The summed E-state index contributed by atoms with van der Waals surface area (Å²) in [6.45, 7) is 2.95. The molecule has 4 heteroatoms. The first-order valence-corrected chi connectivity index (χ1v) is 7.87. The van der Waals surface area contributed by atoms with Gasteiger partial charge in [-0.15, -0.1) is 0 Å². The van der Waals surface area contributed by atoms with Crippen LogP contribution in [0.5, 0.6) is 11.5 Å². The highest BCUT2D eigenvalue weighted by atomic mass is 16.5. The number of nitrogens with one attached hydrogen (secondary N) is 1. The molecule has 0 bridgehead atoms. The highest BCUT2D eigenvalue weighted by Crippen LogP contribution is 2.28. The lowest BCUT2D eigenvalue weighted by Gasteiger charge is -2.13. The Morgan fingerprint density at radius 3 is 2.43 bits per heavy atom. The molecule has 0 heterocycles. The lowest BCUT2D eigenvalue weighted by Crippen LogP contribution is -2.18. The van der Waals surface area contributed by atoms with E-state index in [1.807, 2.05) is 30.3 Å². The first-order valence-electron chi connectivity index (χ1n) is 7.87. The molecule has 2 aromatic carbocycles. The Balaban J connectivity index is 1.86. The van der Waals surface area contributed by atoms with Crippen LogP contribution < -0.4 is 14.8 Å². The summed E-state index contributed by atoms with van der Waals surface area (Å²) in [5.41, 5.74) is 2.43. The summed E-state index contributed by atoms with van der Waals surface area (Å²) in [7, 11) is 3.37. The lowest BCUT2D eigenvalue weighted by atomic mass is 10.1. The zero-order valence-electron chi connectivity index (χ0n) is 13.9. The molecule has 1 N–H and O–H groups in total. The highest BCUT2D eigenvalue weighted by Gasteiger charge is 2.06. The third-order valence-corrected chi connectivity index (χ3v) is 3.53. The van der Waals surface area contributed by atoms with Crippen LogP contribution in [-0.4, -0.2) is 34.0 Å². The molecule has 0 saturated heterocycles. The van der Waals surface area contributed by atoms with E-state index in [9.17, 15) is 0 Å². The van der Waals surface area contributed by atoms with Gasteiger partial charge in [-0.3, -0.25) is 0 Å². The number of methoxy groups -OCH3 is 2. The van der Waals surface area contributed by atoms with Gasteiger partial charge in [-0.2, -0.15) is 0 Å². The van der Waals surface area contributed by atoms with Crippen LogP contribution in [0.2, 0.25) is 0 Å². The fraction of sp³-hybridized carbons (Fsp3) is 0.368. The van der Waals surface area contributed by atoms with Crippen LogP contribution in [0.3, 0.4) is 0 Å². The molecule has 23 heavy (non-hydrogen) atoms. The minimum absolute atomic E-state index is 0.631. The topological polar surface area (TPSA) is 39.7 Å². The Bertz CT molecular complexity index is 572. The van der Waals surface area contributed by atoms with Crippen LogP contribution in [0.25, 0.3) is 0 Å². The Hall–Kier alpha value is -2.04. The average Bonchev–Trinajstić information content (AvgIpc) is 2.60. The molecule has 0 aliphatic heterocycles. The molecule has 0 aromatic heterocycles. The van der Waals surface area contributed by atoms with Crippen molar-refractivity contribution in [3.8, 4) is 11.5 Å². The molecule has 0 aliphatic rings. The highest BCUT2D eigenvalue weighted by molar-refractivity contribution is 5.43. The maximum Gasteiger partial charge on any atom is 0.161 e. The van der Waals surface area contributed by atoms with Gasteiger partial charge < -0.3 is 19.5 Å². The Morgan fingerprint density at radius 2 is 1.70 bits per heavy atom. The SMILES string of the molecule is COCCNCc1ccc(OCCc2ccccc2)c(OC)c1. The van der Waals surface area contributed by atoms with Gasteiger partial charge in [0.1, 0.15) is 0 Å². The van der Waals surface area contributed by atoms with Crippen molar-refractivity contribution in [1.29, 1.82) is 0 Å². The van der Waals surface area contributed by atoms with Gasteiger partial charge in [-0.1, -0.05) is 36.4 Å². The van der Waals surface area contributed by atoms with Crippen LogP contribution in [-0.2, 0) is 17.7 Å². The van der Waals surface area contributed by atoms with E-state index in [-0.39, 0.29) is 0 Å². The molecule has 0 radical (unpaired) electrons. The number of hydrogen-bond acceptors (Lipinski definition) is 4. The largest absolute Gasteiger partial charge is 0.493 e. The molecule has 0 aliphatic carbocycles. The minimum Gasteiger partial charge on any atom is -0.493 e.